The van der Waals surface area contributed by atoms with Crippen LogP contribution in [-0.4, -0.2) is 21.0 Å². The summed E-state index contributed by atoms with van der Waals surface area (Å²) in [5, 5.41) is 23.1. The zero-order chi connectivity index (χ0) is 19.5. The Bertz CT molecular complexity index is 1160. The summed E-state index contributed by atoms with van der Waals surface area (Å²) in [6.07, 6.45) is 0.163. The number of carbonyl (C=O) groups excluding carboxylic acids is 1. The Kier molecular flexibility index (Phi) is 4.51. The molecule has 1 heterocycles. The van der Waals surface area contributed by atoms with E-state index in [2.05, 4.69) is 15.5 Å². The third-order valence-electron chi connectivity index (χ3n) is 4.23. The molecule has 1 aromatic heterocycles. The van der Waals surface area contributed by atoms with E-state index in [0.29, 0.717) is 5.56 Å². The number of hydrogen-bond donors (Lipinski definition) is 1. The van der Waals surface area contributed by atoms with Gasteiger partial charge in [-0.25, -0.2) is 0 Å². The van der Waals surface area contributed by atoms with Crippen molar-refractivity contribution in [1.29, 1.82) is 0 Å². The van der Waals surface area contributed by atoms with E-state index in [-0.39, 0.29) is 29.9 Å². The van der Waals surface area contributed by atoms with Gasteiger partial charge in [-0.05, 0) is 28.5 Å². The van der Waals surface area contributed by atoms with Crippen LogP contribution in [0.1, 0.15) is 5.56 Å². The van der Waals surface area contributed by atoms with Gasteiger partial charge in [0.2, 0.25) is 11.8 Å². The van der Waals surface area contributed by atoms with E-state index in [9.17, 15) is 14.9 Å². The van der Waals surface area contributed by atoms with Crippen LogP contribution in [0.25, 0.3) is 22.2 Å². The molecule has 0 aliphatic rings. The Morgan fingerprint density at radius 3 is 2.54 bits per heavy atom. The van der Waals surface area contributed by atoms with Crippen molar-refractivity contribution in [3.8, 4) is 11.5 Å². The number of benzene rings is 3. The fourth-order valence-corrected chi connectivity index (χ4v) is 2.90. The molecule has 0 saturated carbocycles. The minimum absolute atomic E-state index is 0.0291. The minimum atomic E-state index is -0.490. The summed E-state index contributed by atoms with van der Waals surface area (Å²) in [6.45, 7) is 0. The zero-order valence-corrected chi connectivity index (χ0v) is 14.5. The third kappa shape index (κ3) is 3.56. The Morgan fingerprint density at radius 2 is 1.75 bits per heavy atom. The number of non-ortho nitro benzene ring substituents is 1. The molecular weight excluding hydrogens is 360 g/mol. The van der Waals surface area contributed by atoms with Crippen molar-refractivity contribution < 1.29 is 14.1 Å². The molecule has 3 aromatic carbocycles. The first-order chi connectivity index (χ1) is 13.6. The van der Waals surface area contributed by atoms with Gasteiger partial charge in [0.05, 0.1) is 11.3 Å². The van der Waals surface area contributed by atoms with Gasteiger partial charge in [-0.15, -0.1) is 5.10 Å². The van der Waals surface area contributed by atoms with Crippen molar-refractivity contribution in [2.45, 2.75) is 6.42 Å². The number of amides is 1. The topological polar surface area (TPSA) is 111 Å². The Balaban J connectivity index is 1.47. The molecule has 0 aliphatic carbocycles. The Morgan fingerprint density at radius 1 is 1.00 bits per heavy atom. The van der Waals surface area contributed by atoms with E-state index < -0.39 is 4.92 Å². The SMILES string of the molecule is O=C(Cc1cccc2ccccc12)Nc1nnc(-c2ccc([N+](=O)[O-])cc2)o1. The summed E-state index contributed by atoms with van der Waals surface area (Å²) in [5.74, 6) is -0.120. The number of nitro benzene ring substituents is 1. The van der Waals surface area contributed by atoms with E-state index in [1.807, 2.05) is 42.5 Å². The van der Waals surface area contributed by atoms with E-state index in [1.54, 1.807) is 0 Å². The summed E-state index contributed by atoms with van der Waals surface area (Å²) in [7, 11) is 0. The molecule has 1 amide bonds. The monoisotopic (exact) mass is 374 g/mol. The molecule has 0 radical (unpaired) electrons. The fourth-order valence-electron chi connectivity index (χ4n) is 2.90. The highest BCUT2D eigenvalue weighted by molar-refractivity contribution is 5.95. The van der Waals surface area contributed by atoms with Gasteiger partial charge in [-0.3, -0.25) is 20.2 Å². The lowest BCUT2D eigenvalue weighted by molar-refractivity contribution is -0.384. The fraction of sp³-hybridized carbons (Fsp3) is 0.0500. The van der Waals surface area contributed by atoms with E-state index >= 15 is 0 Å². The largest absolute Gasteiger partial charge is 0.403 e. The quantitative estimate of drug-likeness (QED) is 0.418. The molecule has 0 atom stereocenters. The highest BCUT2D eigenvalue weighted by Crippen LogP contribution is 2.23. The molecule has 8 heteroatoms. The molecule has 8 nitrogen and oxygen atoms in total. The maximum Gasteiger partial charge on any atom is 0.322 e. The van der Waals surface area contributed by atoms with Gasteiger partial charge in [0.25, 0.3) is 5.69 Å². The predicted molar refractivity (Wildman–Crippen MR) is 103 cm³/mol. The van der Waals surface area contributed by atoms with Crippen molar-refractivity contribution in [2.24, 2.45) is 0 Å². The summed E-state index contributed by atoms with van der Waals surface area (Å²) in [6, 6.07) is 19.3. The van der Waals surface area contributed by atoms with Crippen LogP contribution in [0.15, 0.2) is 71.1 Å². The van der Waals surface area contributed by atoms with Crippen LogP contribution in [0.4, 0.5) is 11.7 Å². The second-order valence-electron chi connectivity index (χ2n) is 6.08. The molecular formula is C20H14N4O4. The molecule has 138 valence electrons. The summed E-state index contributed by atoms with van der Waals surface area (Å²) in [4.78, 5) is 22.6. The average molecular weight is 374 g/mol. The number of anilines is 1. The van der Waals surface area contributed by atoms with Crippen molar-refractivity contribution in [3.05, 3.63) is 82.4 Å². The third-order valence-corrected chi connectivity index (χ3v) is 4.23. The highest BCUT2D eigenvalue weighted by atomic mass is 16.6. The number of nitrogens with zero attached hydrogens (tertiary/aromatic N) is 3. The second-order valence-corrected chi connectivity index (χ2v) is 6.08. The van der Waals surface area contributed by atoms with Crippen LogP contribution in [0.2, 0.25) is 0 Å². The molecule has 4 rings (SSSR count). The average Bonchev–Trinajstić information content (AvgIpc) is 3.16. The van der Waals surface area contributed by atoms with Gasteiger partial charge in [0.1, 0.15) is 0 Å². The van der Waals surface area contributed by atoms with Gasteiger partial charge >= 0.3 is 6.01 Å². The van der Waals surface area contributed by atoms with Crippen molar-refractivity contribution >= 4 is 28.4 Å². The molecule has 0 spiro atoms. The molecule has 0 bridgehead atoms. The first kappa shape index (κ1) is 17.3. The van der Waals surface area contributed by atoms with Crippen LogP contribution < -0.4 is 5.32 Å². The predicted octanol–water partition coefficient (Wildman–Crippen LogP) is 3.98. The first-order valence-corrected chi connectivity index (χ1v) is 8.45. The van der Waals surface area contributed by atoms with Crippen LogP contribution in [0, 0.1) is 10.1 Å². The van der Waals surface area contributed by atoms with Gasteiger partial charge < -0.3 is 4.42 Å². The second kappa shape index (κ2) is 7.28. The van der Waals surface area contributed by atoms with Crippen molar-refractivity contribution in [2.75, 3.05) is 5.32 Å². The zero-order valence-electron chi connectivity index (χ0n) is 14.5. The number of aromatic nitrogens is 2. The maximum absolute atomic E-state index is 12.4. The molecule has 1 N–H and O–H groups in total. The Labute approximate surface area is 159 Å². The smallest absolute Gasteiger partial charge is 0.322 e. The summed E-state index contributed by atoms with van der Waals surface area (Å²) >= 11 is 0. The van der Waals surface area contributed by atoms with Crippen LogP contribution in [0.5, 0.6) is 0 Å². The molecule has 0 unspecified atom stereocenters. The van der Waals surface area contributed by atoms with Gasteiger partial charge in [-0.1, -0.05) is 47.6 Å². The maximum atomic E-state index is 12.4. The van der Waals surface area contributed by atoms with E-state index in [1.165, 1.54) is 24.3 Å². The number of hydrogen-bond acceptors (Lipinski definition) is 6. The van der Waals surface area contributed by atoms with E-state index in [0.717, 1.165) is 16.3 Å². The lowest BCUT2D eigenvalue weighted by Crippen LogP contribution is -2.14. The highest BCUT2D eigenvalue weighted by Gasteiger charge is 2.14. The van der Waals surface area contributed by atoms with Crippen molar-refractivity contribution in [1.82, 2.24) is 10.2 Å². The molecule has 0 fully saturated rings. The number of nitro groups is 1. The van der Waals surface area contributed by atoms with Gasteiger partial charge in [0.15, 0.2) is 0 Å². The molecule has 0 aliphatic heterocycles. The summed E-state index contributed by atoms with van der Waals surface area (Å²) < 4.78 is 5.44. The van der Waals surface area contributed by atoms with Crippen LogP contribution in [0.3, 0.4) is 0 Å². The molecule has 0 saturated heterocycles. The minimum Gasteiger partial charge on any atom is -0.403 e. The van der Waals surface area contributed by atoms with Gasteiger partial charge in [0, 0.05) is 17.7 Å². The number of nitrogens with one attached hydrogen (secondary N) is 1. The lowest BCUT2D eigenvalue weighted by atomic mass is 10.0. The standard InChI is InChI=1S/C20H14N4O4/c25-18(12-15-6-3-5-13-4-1-2-7-17(13)15)21-20-23-22-19(28-20)14-8-10-16(11-9-14)24(26)27/h1-11H,12H2,(H,21,23,25). The van der Waals surface area contributed by atoms with Crippen LogP contribution >= 0.6 is 0 Å². The van der Waals surface area contributed by atoms with Gasteiger partial charge in [-0.2, -0.15) is 0 Å². The lowest BCUT2D eigenvalue weighted by Gasteiger charge is -2.05. The van der Waals surface area contributed by atoms with E-state index in [4.69, 9.17) is 4.42 Å². The summed E-state index contributed by atoms with van der Waals surface area (Å²) in [5.41, 5.74) is 1.38. The molecule has 28 heavy (non-hydrogen) atoms. The number of fused-ring (bicyclic) bond motifs is 1. The normalized spacial score (nSPS) is 10.7. The number of carbonyl (C=O) groups is 1. The molecule has 4 aromatic rings. The first-order valence-electron chi connectivity index (χ1n) is 8.45. The van der Waals surface area contributed by atoms with Crippen LogP contribution in [-0.2, 0) is 11.2 Å². The number of rotatable bonds is 5. The Hall–Kier alpha value is -4.07. The van der Waals surface area contributed by atoms with Crippen molar-refractivity contribution in [3.63, 3.8) is 0 Å².